The van der Waals surface area contributed by atoms with Crippen LogP contribution in [0.25, 0.3) is 0 Å². The van der Waals surface area contributed by atoms with Crippen LogP contribution < -0.4 is 9.62 Å². The molecule has 2 aromatic rings. The molecule has 146 valence electrons. The molecule has 0 aromatic heterocycles. The summed E-state index contributed by atoms with van der Waals surface area (Å²) in [5, 5.41) is 2.39. The summed E-state index contributed by atoms with van der Waals surface area (Å²) in [6, 6.07) is 6.88. The van der Waals surface area contributed by atoms with Crippen molar-refractivity contribution in [3.05, 3.63) is 58.3 Å². The molecular formula is C17H16BrF3N2O3S. The van der Waals surface area contributed by atoms with Crippen LogP contribution in [0.4, 0.5) is 24.5 Å². The Morgan fingerprint density at radius 3 is 2.37 bits per heavy atom. The molecule has 0 saturated carbocycles. The third-order valence-electron chi connectivity index (χ3n) is 3.56. The summed E-state index contributed by atoms with van der Waals surface area (Å²) in [7, 11) is -3.77. The number of nitrogens with zero attached hydrogens (tertiary/aromatic N) is 1. The smallest absolute Gasteiger partial charge is 0.232 e. The Labute approximate surface area is 163 Å². The standard InChI is InChI=1S/C17H16BrF3N2O3S/c1-27(25,26)23(12-5-6-13(19)14(20)10-12)8-2-3-17(24)22-16-7-4-11(18)9-15(16)21/h4-7,9-10H,2-3,8H2,1H3,(H,22,24). The van der Waals surface area contributed by atoms with E-state index in [0.29, 0.717) is 4.47 Å². The molecule has 1 N–H and O–H groups in total. The molecule has 0 saturated heterocycles. The highest BCUT2D eigenvalue weighted by Crippen LogP contribution is 2.22. The van der Waals surface area contributed by atoms with Crippen molar-refractivity contribution in [3.8, 4) is 0 Å². The number of hydrogen-bond donors (Lipinski definition) is 1. The molecule has 0 bridgehead atoms. The van der Waals surface area contributed by atoms with Crippen LogP contribution in [0, 0.1) is 17.5 Å². The van der Waals surface area contributed by atoms with Crippen molar-refractivity contribution in [1.29, 1.82) is 0 Å². The van der Waals surface area contributed by atoms with E-state index < -0.39 is 33.4 Å². The Kier molecular flexibility index (Phi) is 6.88. The largest absolute Gasteiger partial charge is 0.324 e. The lowest BCUT2D eigenvalue weighted by Gasteiger charge is -2.22. The number of rotatable bonds is 7. The van der Waals surface area contributed by atoms with E-state index in [1.807, 2.05) is 0 Å². The quantitative estimate of drug-likeness (QED) is 0.671. The predicted octanol–water partition coefficient (Wildman–Crippen LogP) is 4.05. The van der Waals surface area contributed by atoms with Crippen LogP contribution in [-0.4, -0.2) is 27.1 Å². The van der Waals surface area contributed by atoms with E-state index in [1.54, 1.807) is 6.07 Å². The van der Waals surface area contributed by atoms with Gasteiger partial charge in [0.05, 0.1) is 17.6 Å². The van der Waals surface area contributed by atoms with E-state index in [1.165, 1.54) is 12.1 Å². The predicted molar refractivity (Wildman–Crippen MR) is 101 cm³/mol. The minimum atomic E-state index is -3.77. The highest BCUT2D eigenvalue weighted by molar-refractivity contribution is 9.10. The fourth-order valence-corrected chi connectivity index (χ4v) is 3.60. The van der Waals surface area contributed by atoms with Gasteiger partial charge in [-0.15, -0.1) is 0 Å². The van der Waals surface area contributed by atoms with Gasteiger partial charge in [0.15, 0.2) is 11.6 Å². The minimum Gasteiger partial charge on any atom is -0.324 e. The average molecular weight is 465 g/mol. The van der Waals surface area contributed by atoms with Crippen LogP contribution in [0.15, 0.2) is 40.9 Å². The number of nitrogens with one attached hydrogen (secondary N) is 1. The zero-order valence-corrected chi connectivity index (χ0v) is 16.6. The second-order valence-electron chi connectivity index (χ2n) is 5.71. The van der Waals surface area contributed by atoms with E-state index in [2.05, 4.69) is 21.2 Å². The van der Waals surface area contributed by atoms with E-state index in [0.717, 1.165) is 28.8 Å². The first kappa shape index (κ1) is 21.2. The Morgan fingerprint density at radius 1 is 1.07 bits per heavy atom. The highest BCUT2D eigenvalue weighted by Gasteiger charge is 2.19. The Hall–Kier alpha value is -2.07. The first-order valence-corrected chi connectivity index (χ1v) is 10.4. The summed E-state index contributed by atoms with van der Waals surface area (Å²) < 4.78 is 65.4. The Balaban J connectivity index is 2.01. The van der Waals surface area contributed by atoms with E-state index in [9.17, 15) is 26.4 Å². The van der Waals surface area contributed by atoms with Gasteiger partial charge in [-0.25, -0.2) is 21.6 Å². The summed E-state index contributed by atoms with van der Waals surface area (Å²) in [6.07, 6.45) is 0.923. The summed E-state index contributed by atoms with van der Waals surface area (Å²) >= 11 is 3.11. The molecule has 5 nitrogen and oxygen atoms in total. The molecule has 10 heteroatoms. The van der Waals surface area contributed by atoms with Crippen molar-refractivity contribution in [2.75, 3.05) is 22.4 Å². The molecule has 0 aliphatic carbocycles. The van der Waals surface area contributed by atoms with Gasteiger partial charge >= 0.3 is 0 Å². The lowest BCUT2D eigenvalue weighted by atomic mass is 10.2. The number of anilines is 2. The first-order valence-electron chi connectivity index (χ1n) is 7.75. The summed E-state index contributed by atoms with van der Waals surface area (Å²) in [4.78, 5) is 11.9. The van der Waals surface area contributed by atoms with Crippen molar-refractivity contribution >= 4 is 43.2 Å². The van der Waals surface area contributed by atoms with E-state index >= 15 is 0 Å². The normalized spacial score (nSPS) is 11.3. The van der Waals surface area contributed by atoms with Gasteiger partial charge in [0.25, 0.3) is 0 Å². The van der Waals surface area contributed by atoms with Crippen LogP contribution in [0.2, 0.25) is 0 Å². The van der Waals surface area contributed by atoms with Crippen molar-refractivity contribution in [1.82, 2.24) is 0 Å². The third-order valence-corrected chi connectivity index (χ3v) is 5.25. The second-order valence-corrected chi connectivity index (χ2v) is 8.53. The number of carbonyl (C=O) groups is 1. The van der Waals surface area contributed by atoms with Crippen molar-refractivity contribution in [2.45, 2.75) is 12.8 Å². The monoisotopic (exact) mass is 464 g/mol. The Morgan fingerprint density at radius 2 is 1.78 bits per heavy atom. The zero-order valence-electron chi connectivity index (χ0n) is 14.2. The summed E-state index contributed by atoms with van der Waals surface area (Å²) in [6.45, 7) is -0.125. The van der Waals surface area contributed by atoms with E-state index in [4.69, 9.17) is 0 Å². The van der Waals surface area contributed by atoms with Crippen molar-refractivity contribution < 1.29 is 26.4 Å². The minimum absolute atomic E-state index is 0.00350. The van der Waals surface area contributed by atoms with Crippen LogP contribution in [-0.2, 0) is 14.8 Å². The maximum Gasteiger partial charge on any atom is 0.232 e. The van der Waals surface area contributed by atoms with Gasteiger partial charge in [0.2, 0.25) is 15.9 Å². The number of sulfonamides is 1. The lowest BCUT2D eigenvalue weighted by Crippen LogP contribution is -2.31. The third kappa shape index (κ3) is 5.96. The molecule has 0 heterocycles. The number of hydrogen-bond acceptors (Lipinski definition) is 3. The SMILES string of the molecule is CS(=O)(=O)N(CCCC(=O)Nc1ccc(Br)cc1F)c1ccc(F)c(F)c1. The van der Waals surface area contributed by atoms with Gasteiger partial charge in [-0.2, -0.15) is 0 Å². The number of benzene rings is 2. The molecule has 2 rings (SSSR count). The first-order chi connectivity index (χ1) is 12.6. The van der Waals surface area contributed by atoms with Crippen molar-refractivity contribution in [2.24, 2.45) is 0 Å². The maximum absolute atomic E-state index is 13.7. The van der Waals surface area contributed by atoms with Crippen LogP contribution in [0.1, 0.15) is 12.8 Å². The topological polar surface area (TPSA) is 66.5 Å². The molecule has 2 aromatic carbocycles. The highest BCUT2D eigenvalue weighted by atomic mass is 79.9. The fourth-order valence-electron chi connectivity index (χ4n) is 2.31. The molecule has 0 unspecified atom stereocenters. The average Bonchev–Trinajstić information content (AvgIpc) is 2.56. The molecule has 0 fully saturated rings. The van der Waals surface area contributed by atoms with Gasteiger partial charge < -0.3 is 5.32 Å². The number of amides is 1. The Bertz CT molecular complexity index is 954. The number of halogens is 4. The summed E-state index contributed by atoms with van der Waals surface area (Å²) in [5.74, 6) is -3.39. The molecule has 0 radical (unpaired) electrons. The van der Waals surface area contributed by atoms with E-state index in [-0.39, 0.29) is 30.8 Å². The molecule has 0 atom stereocenters. The lowest BCUT2D eigenvalue weighted by molar-refractivity contribution is -0.116. The molecule has 27 heavy (non-hydrogen) atoms. The van der Waals surface area contributed by atoms with Crippen LogP contribution in [0.5, 0.6) is 0 Å². The number of carbonyl (C=O) groups excluding carboxylic acids is 1. The molecule has 0 aliphatic heterocycles. The molecule has 0 aliphatic rings. The van der Waals surface area contributed by atoms with Gasteiger partial charge in [0, 0.05) is 23.5 Å². The van der Waals surface area contributed by atoms with Gasteiger partial charge in [-0.3, -0.25) is 9.10 Å². The molecule has 1 amide bonds. The second kappa shape index (κ2) is 8.75. The fraction of sp³-hybridized carbons (Fsp3) is 0.235. The molecule has 0 spiro atoms. The van der Waals surface area contributed by atoms with Crippen molar-refractivity contribution in [3.63, 3.8) is 0 Å². The summed E-state index contributed by atoms with van der Waals surface area (Å²) in [5.41, 5.74) is -0.0421. The zero-order chi connectivity index (χ0) is 20.2. The van der Waals surface area contributed by atoms with Gasteiger partial charge in [-0.05, 0) is 36.8 Å². The van der Waals surface area contributed by atoms with Gasteiger partial charge in [-0.1, -0.05) is 15.9 Å². The maximum atomic E-state index is 13.7. The van der Waals surface area contributed by atoms with Crippen LogP contribution in [0.3, 0.4) is 0 Å². The molecular weight excluding hydrogens is 449 g/mol. The van der Waals surface area contributed by atoms with Gasteiger partial charge in [0.1, 0.15) is 5.82 Å². The van der Waals surface area contributed by atoms with Crippen LogP contribution >= 0.6 is 15.9 Å².